The second-order valence-electron chi connectivity index (χ2n) is 7.12. The molecule has 0 unspecified atom stereocenters. The second-order valence-corrected chi connectivity index (χ2v) is 7.12. The van der Waals surface area contributed by atoms with Gasteiger partial charge in [-0.3, -0.25) is 4.79 Å². The summed E-state index contributed by atoms with van der Waals surface area (Å²) >= 11 is 0. The fraction of sp³-hybridized carbons (Fsp3) is 0.435. The highest BCUT2D eigenvalue weighted by molar-refractivity contribution is 5.73. The third-order valence-electron chi connectivity index (χ3n) is 4.68. The molecular formula is C23H29F2NO2. The fourth-order valence-corrected chi connectivity index (χ4v) is 3.10. The van der Waals surface area contributed by atoms with E-state index in [-0.39, 0.29) is 11.7 Å². The lowest BCUT2D eigenvalue weighted by Crippen LogP contribution is -2.09. The molecule has 0 saturated carbocycles. The van der Waals surface area contributed by atoms with Crippen LogP contribution in [0.2, 0.25) is 0 Å². The highest BCUT2D eigenvalue weighted by atomic mass is 19.1. The summed E-state index contributed by atoms with van der Waals surface area (Å²) in [5.74, 6) is -0.989. The van der Waals surface area contributed by atoms with Crippen molar-refractivity contribution in [1.82, 2.24) is 0 Å². The molecule has 1 amide bonds. The van der Waals surface area contributed by atoms with E-state index in [9.17, 15) is 13.6 Å². The summed E-state index contributed by atoms with van der Waals surface area (Å²) in [6.07, 6.45) is 10.7. The monoisotopic (exact) mass is 389 g/mol. The number of rotatable bonds is 13. The van der Waals surface area contributed by atoms with E-state index >= 15 is 0 Å². The Morgan fingerprint density at radius 1 is 0.821 bits per heavy atom. The van der Waals surface area contributed by atoms with Gasteiger partial charge in [-0.1, -0.05) is 50.7 Å². The van der Waals surface area contributed by atoms with Crippen LogP contribution in [0, 0.1) is 11.6 Å². The van der Waals surface area contributed by atoms with E-state index in [1.807, 2.05) is 24.3 Å². The predicted molar refractivity (Wildman–Crippen MR) is 107 cm³/mol. The third-order valence-corrected chi connectivity index (χ3v) is 4.68. The fourth-order valence-electron chi connectivity index (χ4n) is 3.10. The Morgan fingerprint density at radius 3 is 2.04 bits per heavy atom. The first-order valence-corrected chi connectivity index (χ1v) is 10.0. The Bertz CT molecular complexity index is 732. The molecule has 3 nitrogen and oxygen atoms in total. The van der Waals surface area contributed by atoms with Gasteiger partial charge in [0.25, 0.3) is 0 Å². The van der Waals surface area contributed by atoms with E-state index in [4.69, 9.17) is 10.5 Å². The van der Waals surface area contributed by atoms with E-state index in [0.717, 1.165) is 31.7 Å². The van der Waals surface area contributed by atoms with Crippen LogP contribution in [0.5, 0.6) is 11.5 Å². The van der Waals surface area contributed by atoms with Gasteiger partial charge in [-0.2, -0.15) is 0 Å². The molecular weight excluding hydrogens is 360 g/mol. The first-order valence-electron chi connectivity index (χ1n) is 10.0. The van der Waals surface area contributed by atoms with Crippen molar-refractivity contribution in [3.63, 3.8) is 0 Å². The molecule has 0 radical (unpaired) electrons. The molecule has 0 bridgehead atoms. The number of carbonyl (C=O) groups excluding carboxylic acids is 1. The lowest BCUT2D eigenvalue weighted by Gasteiger charge is -2.08. The number of aryl methyl sites for hydroxylation is 1. The molecule has 0 aliphatic heterocycles. The lowest BCUT2D eigenvalue weighted by molar-refractivity contribution is -0.118. The van der Waals surface area contributed by atoms with Crippen LogP contribution in [0.4, 0.5) is 8.78 Å². The molecule has 0 aromatic heterocycles. The molecule has 2 aromatic carbocycles. The standard InChI is InChI=1S/C23H29F2NO2/c24-19-13-16-22(21(25)17-19)28-20-14-11-18(12-15-20)9-7-5-3-1-2-4-6-8-10-23(26)27/h11-17H,1-10H2,(H2,26,27). The van der Waals surface area contributed by atoms with Crippen molar-refractivity contribution in [2.24, 2.45) is 5.73 Å². The molecule has 28 heavy (non-hydrogen) atoms. The maximum atomic E-state index is 13.6. The van der Waals surface area contributed by atoms with E-state index < -0.39 is 11.6 Å². The Morgan fingerprint density at radius 2 is 1.43 bits per heavy atom. The number of hydrogen-bond donors (Lipinski definition) is 1. The van der Waals surface area contributed by atoms with Gasteiger partial charge in [0.05, 0.1) is 0 Å². The van der Waals surface area contributed by atoms with Gasteiger partial charge in [0, 0.05) is 12.5 Å². The van der Waals surface area contributed by atoms with Crippen LogP contribution in [0.1, 0.15) is 63.4 Å². The highest BCUT2D eigenvalue weighted by Crippen LogP contribution is 2.25. The summed E-state index contributed by atoms with van der Waals surface area (Å²) in [5, 5.41) is 0. The zero-order valence-electron chi connectivity index (χ0n) is 16.3. The van der Waals surface area contributed by atoms with Gasteiger partial charge in [-0.25, -0.2) is 8.78 Å². The number of carbonyl (C=O) groups is 1. The van der Waals surface area contributed by atoms with Crippen LogP contribution in [-0.2, 0) is 11.2 Å². The first-order chi connectivity index (χ1) is 13.5. The average molecular weight is 389 g/mol. The third kappa shape index (κ3) is 8.51. The first kappa shape index (κ1) is 21.9. The van der Waals surface area contributed by atoms with Gasteiger partial charge < -0.3 is 10.5 Å². The van der Waals surface area contributed by atoms with Gasteiger partial charge in [0.15, 0.2) is 11.6 Å². The van der Waals surface area contributed by atoms with E-state index in [1.54, 1.807) is 0 Å². The molecule has 0 aliphatic carbocycles. The van der Waals surface area contributed by atoms with Crippen molar-refractivity contribution in [3.8, 4) is 11.5 Å². The van der Waals surface area contributed by atoms with Gasteiger partial charge in [0.1, 0.15) is 11.6 Å². The maximum Gasteiger partial charge on any atom is 0.217 e. The molecule has 0 fully saturated rings. The van der Waals surface area contributed by atoms with Gasteiger partial charge in [-0.05, 0) is 49.1 Å². The zero-order valence-corrected chi connectivity index (χ0v) is 16.3. The van der Waals surface area contributed by atoms with Crippen LogP contribution in [0.25, 0.3) is 0 Å². The summed E-state index contributed by atoms with van der Waals surface area (Å²) in [6.45, 7) is 0. The van der Waals surface area contributed by atoms with Crippen molar-refractivity contribution < 1.29 is 18.3 Å². The normalized spacial score (nSPS) is 10.8. The number of hydrogen-bond acceptors (Lipinski definition) is 2. The van der Waals surface area contributed by atoms with Crippen LogP contribution in [-0.4, -0.2) is 5.91 Å². The van der Waals surface area contributed by atoms with Gasteiger partial charge >= 0.3 is 0 Å². The minimum absolute atomic E-state index is 0.0174. The number of ether oxygens (including phenoxy) is 1. The molecule has 5 heteroatoms. The average Bonchev–Trinajstić information content (AvgIpc) is 2.66. The summed E-state index contributed by atoms with van der Waals surface area (Å²) in [5.41, 5.74) is 6.34. The molecule has 2 N–H and O–H groups in total. The molecule has 2 rings (SSSR count). The molecule has 2 aromatic rings. The predicted octanol–water partition coefficient (Wildman–Crippen LogP) is 6.30. The number of benzene rings is 2. The number of amides is 1. The Hall–Kier alpha value is -2.43. The number of nitrogens with two attached hydrogens (primary N) is 1. The van der Waals surface area contributed by atoms with Gasteiger partial charge in [0.2, 0.25) is 5.91 Å². The van der Waals surface area contributed by atoms with Crippen molar-refractivity contribution in [3.05, 3.63) is 59.7 Å². The number of unbranched alkanes of at least 4 members (excludes halogenated alkanes) is 7. The molecule has 0 heterocycles. The number of primary amides is 1. The lowest BCUT2D eigenvalue weighted by atomic mass is 10.0. The van der Waals surface area contributed by atoms with Gasteiger partial charge in [-0.15, -0.1) is 0 Å². The molecule has 0 aliphatic rings. The summed E-state index contributed by atoms with van der Waals surface area (Å²) in [6, 6.07) is 10.9. The Labute approximate surface area is 165 Å². The maximum absolute atomic E-state index is 13.6. The zero-order chi connectivity index (χ0) is 20.2. The highest BCUT2D eigenvalue weighted by Gasteiger charge is 2.06. The van der Waals surface area contributed by atoms with Crippen molar-refractivity contribution in [2.75, 3.05) is 0 Å². The quantitative estimate of drug-likeness (QED) is 0.409. The smallest absolute Gasteiger partial charge is 0.217 e. The molecule has 152 valence electrons. The van der Waals surface area contributed by atoms with Crippen molar-refractivity contribution >= 4 is 5.91 Å². The van der Waals surface area contributed by atoms with Crippen LogP contribution in [0.3, 0.4) is 0 Å². The molecule has 0 spiro atoms. The summed E-state index contributed by atoms with van der Waals surface area (Å²) in [4.78, 5) is 10.6. The van der Waals surface area contributed by atoms with Crippen molar-refractivity contribution in [1.29, 1.82) is 0 Å². The minimum Gasteiger partial charge on any atom is -0.454 e. The summed E-state index contributed by atoms with van der Waals surface area (Å²) < 4.78 is 32.0. The SMILES string of the molecule is NC(=O)CCCCCCCCCCc1ccc(Oc2ccc(F)cc2F)cc1. The van der Waals surface area contributed by atoms with Crippen molar-refractivity contribution in [2.45, 2.75) is 64.2 Å². The second kappa shape index (κ2) is 12.1. The van der Waals surface area contributed by atoms with Crippen LogP contribution in [0.15, 0.2) is 42.5 Å². The minimum atomic E-state index is -0.711. The summed E-state index contributed by atoms with van der Waals surface area (Å²) in [7, 11) is 0. The largest absolute Gasteiger partial charge is 0.454 e. The number of halogens is 2. The van der Waals surface area contributed by atoms with Crippen LogP contribution < -0.4 is 10.5 Å². The molecule has 0 atom stereocenters. The molecule has 0 saturated heterocycles. The Balaban J connectivity index is 1.58. The van der Waals surface area contributed by atoms with E-state index in [0.29, 0.717) is 12.2 Å². The Kier molecular flexibility index (Phi) is 9.46. The van der Waals surface area contributed by atoms with Crippen LogP contribution >= 0.6 is 0 Å². The van der Waals surface area contributed by atoms with E-state index in [1.165, 1.54) is 49.8 Å². The topological polar surface area (TPSA) is 52.3 Å². The van der Waals surface area contributed by atoms with E-state index in [2.05, 4.69) is 0 Å².